The number of rotatable bonds is 5. The van der Waals surface area contributed by atoms with Gasteiger partial charge in [-0.25, -0.2) is 0 Å². The molecule has 0 fully saturated rings. The summed E-state index contributed by atoms with van der Waals surface area (Å²) in [5.41, 5.74) is 22.7. The normalized spacial score (nSPS) is 13.0. The van der Waals surface area contributed by atoms with Crippen molar-refractivity contribution < 1.29 is 8.83 Å². The van der Waals surface area contributed by atoms with E-state index in [1.165, 1.54) is 84.4 Å². The zero-order valence-electron chi connectivity index (χ0n) is 53.5. The summed E-state index contributed by atoms with van der Waals surface area (Å²) in [5.74, 6) is 0. The lowest BCUT2D eigenvalue weighted by atomic mass is 9.33. The minimum atomic E-state index is -0.0413. The van der Waals surface area contributed by atoms with Crippen LogP contribution in [0.3, 0.4) is 0 Å². The van der Waals surface area contributed by atoms with E-state index in [0.29, 0.717) is 20.1 Å². The first kappa shape index (κ1) is 58.9. The first-order valence-corrected chi connectivity index (χ1v) is 35.7. The Balaban J connectivity index is 0.000000136. The van der Waals surface area contributed by atoms with Crippen LogP contribution in [-0.4, -0.2) is 15.8 Å². The summed E-state index contributed by atoms with van der Waals surface area (Å²) in [6, 6.07) is 83.2. The van der Waals surface area contributed by atoms with Crippen molar-refractivity contribution in [1.29, 1.82) is 0 Å². The molecule has 0 atom stereocenters. The molecule has 0 saturated heterocycles. The highest BCUT2D eigenvalue weighted by atomic mass is 35.5. The number of nitrogens with zero attached hydrogens (tertiary/aromatic N) is 4. The first-order chi connectivity index (χ1) is 47.0. The fourth-order valence-corrected chi connectivity index (χ4v) is 18.7. The molecule has 0 radical (unpaired) electrons. The Labute approximate surface area is 587 Å². The van der Waals surface area contributed by atoms with Gasteiger partial charge >= 0.3 is 0 Å². The molecule has 6 nitrogen and oxygen atoms in total. The van der Waals surface area contributed by atoms with Crippen LogP contribution in [0.4, 0.5) is 34.1 Å². The molecule has 13 heteroatoms. The first-order valence-electron chi connectivity index (χ1n) is 32.6. The lowest BCUT2D eigenvalue weighted by Gasteiger charge is -2.41. The third kappa shape index (κ3) is 8.98. The zero-order chi connectivity index (χ0) is 65.7. The van der Waals surface area contributed by atoms with Crippen molar-refractivity contribution in [3.63, 3.8) is 0 Å². The van der Waals surface area contributed by atoms with Crippen LogP contribution in [0.5, 0.6) is 0 Å². The van der Waals surface area contributed by atoms with Crippen molar-refractivity contribution >= 4 is 233 Å². The number of aromatic nitrogens is 2. The summed E-state index contributed by atoms with van der Waals surface area (Å²) in [4.78, 5) is 4.60. The molecule has 0 N–H and O–H groups in total. The average Bonchev–Trinajstić information content (AvgIpc) is 1.67. The number of hydrogen-bond donors (Lipinski definition) is 0. The van der Waals surface area contributed by atoms with Crippen LogP contribution in [0.1, 0.15) is 52.7 Å². The molecular formula is C84H57BCl4N4O2S2. The molecule has 0 saturated carbocycles. The van der Waals surface area contributed by atoms with E-state index in [4.69, 9.17) is 55.2 Å². The monoisotopic (exact) mass is 1370 g/mol. The maximum atomic E-state index is 7.21. The van der Waals surface area contributed by atoms with Gasteiger partial charge in [0.1, 0.15) is 22.3 Å². The predicted molar refractivity (Wildman–Crippen MR) is 418 cm³/mol. The number of hydrogen-bond acceptors (Lipinski definition) is 6. The zero-order valence-corrected chi connectivity index (χ0v) is 58.2. The van der Waals surface area contributed by atoms with Gasteiger partial charge in [-0.1, -0.05) is 197 Å². The maximum absolute atomic E-state index is 7.21. The highest BCUT2D eigenvalue weighted by Gasteiger charge is 2.44. The Bertz CT molecular complexity index is 6410. The van der Waals surface area contributed by atoms with Crippen LogP contribution in [0.25, 0.3) is 118 Å². The van der Waals surface area contributed by atoms with E-state index in [-0.39, 0.29) is 17.5 Å². The molecule has 0 spiro atoms. The van der Waals surface area contributed by atoms with Crippen LogP contribution >= 0.6 is 69.1 Å². The fraction of sp³-hybridized carbons (Fsp3) is 0.0952. The number of furan rings is 2. The van der Waals surface area contributed by atoms with E-state index < -0.39 is 0 Å². The highest BCUT2D eigenvalue weighted by molar-refractivity contribution is 7.27. The number of anilines is 6. The van der Waals surface area contributed by atoms with Crippen molar-refractivity contribution in [2.45, 2.75) is 52.4 Å². The number of benzene rings is 12. The second-order valence-corrected chi connectivity index (χ2v) is 31.6. The molecule has 8 heterocycles. The number of para-hydroxylation sites is 2. The Morgan fingerprint density at radius 1 is 0.381 bits per heavy atom. The summed E-state index contributed by atoms with van der Waals surface area (Å²) in [6.45, 7) is 13.7. The molecule has 2 aliphatic rings. The summed E-state index contributed by atoms with van der Waals surface area (Å²) >= 11 is 31.6. The van der Waals surface area contributed by atoms with Gasteiger partial charge in [0.25, 0.3) is 6.71 Å². The fourth-order valence-electron chi connectivity index (χ4n) is 15.5. The van der Waals surface area contributed by atoms with Crippen molar-refractivity contribution in [2.24, 2.45) is 0 Å². The summed E-state index contributed by atoms with van der Waals surface area (Å²) < 4.78 is 22.8. The molecule has 468 valence electrons. The number of thiophene rings is 2. The SMILES string of the molecule is CC(C)(C)c1cc2c3c(c1)c1sc4ccccc4c1n3-c1cc(Cl)cc3c1B2c1ccc(Cl)cc1N3c1cccc2oc3ccccc3c12.CC(C)(C)c1ccc2c(c1)c1sc3ccccc3c1n2-c1cc(Cl)cc(N(c2cccc(Cl)c2)c2cccc3oc4ccccc4c23)c1. The third-order valence-corrected chi connectivity index (χ3v) is 23.1. The van der Waals surface area contributed by atoms with Gasteiger partial charge in [-0.2, -0.15) is 0 Å². The second kappa shape index (κ2) is 21.5. The molecule has 18 aromatic rings. The molecule has 20 rings (SSSR count). The minimum Gasteiger partial charge on any atom is -0.456 e. The van der Waals surface area contributed by atoms with E-state index in [0.717, 1.165) is 94.9 Å². The van der Waals surface area contributed by atoms with Crippen molar-refractivity contribution in [1.82, 2.24) is 9.13 Å². The minimum absolute atomic E-state index is 0.0151. The van der Waals surface area contributed by atoms with E-state index in [2.05, 4.69) is 224 Å². The van der Waals surface area contributed by atoms with E-state index in [1.807, 2.05) is 95.5 Å². The van der Waals surface area contributed by atoms with Crippen LogP contribution in [0.2, 0.25) is 20.1 Å². The number of fused-ring (bicyclic) bond motifs is 20. The molecule has 6 aromatic heterocycles. The molecule has 0 aliphatic carbocycles. The molecule has 97 heavy (non-hydrogen) atoms. The smallest absolute Gasteiger partial charge is 0.252 e. The Morgan fingerprint density at radius 3 is 1.66 bits per heavy atom. The number of halogens is 4. The van der Waals surface area contributed by atoms with Gasteiger partial charge in [0.2, 0.25) is 0 Å². The standard InChI is InChI=1S/C42H27BCl2N2OS.C42H30Cl2N2OS/c1-42(2,3)22-17-27-39-29(18-22)43-28-16-15-23(44)19-31(28)46(30-11-8-13-35-37(30)25-9-4-6-12-34(25)48-35)32-20-24(45)21-33(38(32)43)47(39)40-26-10-5-7-14-36(26)49-41(27)40;1-42(2,3)25-18-19-34-33(20-25)41-40(32-13-5-7-17-38(32)48-41)46(34)30-23-27(44)22-29(24-30)45(28-11-8-10-26(43)21-28)35-14-9-16-37-39(35)31-12-4-6-15-36(31)47-37/h4-21H,1-3H3;4-24H,1-3H3. The molecule has 2 aliphatic heterocycles. The van der Waals surface area contributed by atoms with Gasteiger partial charge in [0.05, 0.1) is 53.6 Å². The second-order valence-electron chi connectivity index (χ2n) is 27.7. The van der Waals surface area contributed by atoms with Crippen molar-refractivity contribution in [2.75, 3.05) is 9.80 Å². The Hall–Kier alpha value is -9.42. The van der Waals surface area contributed by atoms with Gasteiger partial charge in [-0.05, 0) is 166 Å². The van der Waals surface area contributed by atoms with Gasteiger partial charge in [-0.15, -0.1) is 22.7 Å². The van der Waals surface area contributed by atoms with Crippen LogP contribution < -0.4 is 26.2 Å². The topological polar surface area (TPSA) is 42.6 Å². The van der Waals surface area contributed by atoms with Gasteiger partial charge in [-0.3, -0.25) is 0 Å². The maximum Gasteiger partial charge on any atom is 0.252 e. The average molecular weight is 1370 g/mol. The van der Waals surface area contributed by atoms with Gasteiger partial charge < -0.3 is 27.8 Å². The van der Waals surface area contributed by atoms with E-state index >= 15 is 0 Å². The third-order valence-electron chi connectivity index (χ3n) is 19.8. The highest BCUT2D eigenvalue weighted by Crippen LogP contribution is 2.52. The Morgan fingerprint density at radius 2 is 0.948 bits per heavy atom. The molecule has 0 amide bonds. The summed E-state index contributed by atoms with van der Waals surface area (Å²) in [7, 11) is 0. The molecule has 0 unspecified atom stereocenters. The molecule has 12 aromatic carbocycles. The lowest BCUT2D eigenvalue weighted by Crippen LogP contribution is -2.60. The van der Waals surface area contributed by atoms with Crippen molar-refractivity contribution in [3.05, 3.63) is 268 Å². The molecular weight excluding hydrogens is 1310 g/mol. The van der Waals surface area contributed by atoms with Crippen molar-refractivity contribution in [3.8, 4) is 11.4 Å². The lowest BCUT2D eigenvalue weighted by molar-refractivity contribution is 0.591. The Kier molecular flexibility index (Phi) is 13.1. The van der Waals surface area contributed by atoms with E-state index in [1.54, 1.807) is 0 Å². The van der Waals surface area contributed by atoms with Crippen LogP contribution in [0.15, 0.2) is 245 Å². The van der Waals surface area contributed by atoms with Crippen LogP contribution in [-0.2, 0) is 10.8 Å². The summed E-state index contributed by atoms with van der Waals surface area (Å²) in [6.07, 6.45) is 0. The van der Waals surface area contributed by atoms with Crippen LogP contribution in [0, 0.1) is 0 Å². The largest absolute Gasteiger partial charge is 0.456 e. The molecule has 0 bridgehead atoms. The summed E-state index contributed by atoms with van der Waals surface area (Å²) in [5, 5.41) is 12.0. The van der Waals surface area contributed by atoms with Gasteiger partial charge in [0.15, 0.2) is 0 Å². The predicted octanol–water partition coefficient (Wildman–Crippen LogP) is 25.1. The quantitative estimate of drug-likeness (QED) is 0.161. The van der Waals surface area contributed by atoms with Gasteiger partial charge in [0, 0.05) is 95.9 Å². The van der Waals surface area contributed by atoms with E-state index in [9.17, 15) is 0 Å².